The van der Waals surface area contributed by atoms with Crippen LogP contribution < -0.4 is 5.73 Å². The van der Waals surface area contributed by atoms with Crippen LogP contribution in [0.4, 0.5) is 4.39 Å². The molecule has 100 valence electrons. The molecule has 0 fully saturated rings. The lowest BCUT2D eigenvalue weighted by Gasteiger charge is -2.34. The minimum absolute atomic E-state index is 0.0911. The van der Waals surface area contributed by atoms with E-state index >= 15 is 0 Å². The van der Waals surface area contributed by atoms with Crippen LogP contribution in [0.3, 0.4) is 0 Å². The van der Waals surface area contributed by atoms with Gasteiger partial charge in [-0.05, 0) is 6.07 Å². The first-order valence-electron chi connectivity index (χ1n) is 6.48. The van der Waals surface area contributed by atoms with Gasteiger partial charge in [-0.2, -0.15) is 0 Å². The van der Waals surface area contributed by atoms with Crippen molar-refractivity contribution < 1.29 is 4.39 Å². The highest BCUT2D eigenvalue weighted by atomic mass is 19.1. The van der Waals surface area contributed by atoms with E-state index < -0.39 is 0 Å². The van der Waals surface area contributed by atoms with E-state index in [-0.39, 0.29) is 11.9 Å². The van der Waals surface area contributed by atoms with Gasteiger partial charge in [0.25, 0.3) is 0 Å². The molecule has 0 saturated carbocycles. The highest BCUT2D eigenvalue weighted by molar-refractivity contribution is 5.22. The second-order valence-electron chi connectivity index (χ2n) is 4.78. The van der Waals surface area contributed by atoms with Crippen molar-refractivity contribution in [1.82, 2.24) is 14.5 Å². The van der Waals surface area contributed by atoms with Gasteiger partial charge in [-0.1, -0.05) is 18.2 Å². The van der Waals surface area contributed by atoms with Gasteiger partial charge in [-0.25, -0.2) is 9.37 Å². The summed E-state index contributed by atoms with van der Waals surface area (Å²) in [6.07, 6.45) is 3.78. The molecule has 4 nitrogen and oxygen atoms in total. The maximum absolute atomic E-state index is 13.9. The first-order valence-corrected chi connectivity index (χ1v) is 6.48. The average molecular weight is 260 g/mol. The molecule has 1 aliphatic heterocycles. The Morgan fingerprint density at radius 1 is 1.32 bits per heavy atom. The summed E-state index contributed by atoms with van der Waals surface area (Å²) in [6, 6.07) is 6.77. The molecule has 0 spiro atoms. The summed E-state index contributed by atoms with van der Waals surface area (Å²) in [6.45, 7) is 2.85. The average Bonchev–Trinajstić information content (AvgIpc) is 2.89. The predicted molar refractivity (Wildman–Crippen MR) is 70.8 cm³/mol. The van der Waals surface area contributed by atoms with Crippen LogP contribution in [0.2, 0.25) is 0 Å². The molecule has 1 unspecified atom stereocenters. The molecule has 0 amide bonds. The van der Waals surface area contributed by atoms with E-state index in [2.05, 4.69) is 14.5 Å². The van der Waals surface area contributed by atoms with Crippen LogP contribution in [-0.2, 0) is 13.1 Å². The number of aromatic nitrogens is 2. The molecular formula is C14H17FN4. The Hall–Kier alpha value is -1.72. The summed E-state index contributed by atoms with van der Waals surface area (Å²) in [5.74, 6) is 0.827. The molecule has 1 aliphatic rings. The number of halogens is 1. The van der Waals surface area contributed by atoms with Crippen molar-refractivity contribution in [3.63, 3.8) is 0 Å². The molecule has 2 N–H and O–H groups in total. The topological polar surface area (TPSA) is 47.1 Å². The van der Waals surface area contributed by atoms with Crippen molar-refractivity contribution in [2.75, 3.05) is 13.1 Å². The van der Waals surface area contributed by atoms with E-state index in [0.717, 1.165) is 18.9 Å². The van der Waals surface area contributed by atoms with Gasteiger partial charge >= 0.3 is 0 Å². The maximum atomic E-state index is 13.9. The third-order valence-electron chi connectivity index (χ3n) is 3.70. The second kappa shape index (κ2) is 5.11. The highest BCUT2D eigenvalue weighted by Crippen LogP contribution is 2.25. The van der Waals surface area contributed by atoms with Crippen LogP contribution in [-0.4, -0.2) is 27.5 Å². The van der Waals surface area contributed by atoms with E-state index in [1.54, 1.807) is 12.3 Å². The quantitative estimate of drug-likeness (QED) is 0.910. The summed E-state index contributed by atoms with van der Waals surface area (Å²) in [4.78, 5) is 6.52. The normalized spacial score (nSPS) is 17.2. The van der Waals surface area contributed by atoms with Crippen LogP contribution >= 0.6 is 0 Å². The molecule has 3 rings (SSSR count). The summed E-state index contributed by atoms with van der Waals surface area (Å²) in [5.41, 5.74) is 6.54. The Balaban J connectivity index is 1.86. The van der Waals surface area contributed by atoms with Crippen molar-refractivity contribution in [1.29, 1.82) is 0 Å². The fourth-order valence-electron chi connectivity index (χ4n) is 2.68. The third kappa shape index (κ3) is 2.27. The summed E-state index contributed by atoms with van der Waals surface area (Å²) >= 11 is 0. The number of rotatable bonds is 3. The van der Waals surface area contributed by atoms with Gasteiger partial charge in [0.1, 0.15) is 11.6 Å². The summed E-state index contributed by atoms with van der Waals surface area (Å²) < 4.78 is 16.0. The Bertz CT molecular complexity index is 566. The SMILES string of the molecule is NCC(c1ccccc1F)N1CCn2ccnc2C1. The van der Waals surface area contributed by atoms with E-state index in [1.165, 1.54) is 6.07 Å². The molecule has 0 aliphatic carbocycles. The molecule has 5 heteroatoms. The summed E-state index contributed by atoms with van der Waals surface area (Å²) in [5, 5.41) is 0. The lowest BCUT2D eigenvalue weighted by molar-refractivity contribution is 0.153. The lowest BCUT2D eigenvalue weighted by atomic mass is 10.0. The van der Waals surface area contributed by atoms with E-state index in [9.17, 15) is 4.39 Å². The van der Waals surface area contributed by atoms with E-state index in [1.807, 2.05) is 18.3 Å². The minimum atomic E-state index is -0.188. The molecular weight excluding hydrogens is 243 g/mol. The van der Waals surface area contributed by atoms with Crippen molar-refractivity contribution in [3.05, 3.63) is 53.9 Å². The van der Waals surface area contributed by atoms with Gasteiger partial charge in [0, 0.05) is 37.6 Å². The first kappa shape index (κ1) is 12.3. The fourth-order valence-corrected chi connectivity index (χ4v) is 2.68. The van der Waals surface area contributed by atoms with Gasteiger partial charge in [0.2, 0.25) is 0 Å². The van der Waals surface area contributed by atoms with Gasteiger partial charge < -0.3 is 10.3 Å². The van der Waals surface area contributed by atoms with E-state index in [4.69, 9.17) is 5.73 Å². The molecule has 1 atom stereocenters. The number of nitrogens with two attached hydrogens (primary N) is 1. The molecule has 19 heavy (non-hydrogen) atoms. The largest absolute Gasteiger partial charge is 0.333 e. The predicted octanol–water partition coefficient (Wildman–Crippen LogP) is 1.54. The zero-order chi connectivity index (χ0) is 13.2. The smallest absolute Gasteiger partial charge is 0.128 e. The molecule has 1 aromatic carbocycles. The van der Waals surface area contributed by atoms with Gasteiger partial charge in [0.15, 0.2) is 0 Å². The number of hydrogen-bond acceptors (Lipinski definition) is 3. The van der Waals surface area contributed by atoms with Crippen LogP contribution in [0, 0.1) is 5.82 Å². The van der Waals surface area contributed by atoms with E-state index in [0.29, 0.717) is 18.7 Å². The number of benzene rings is 1. The molecule has 0 saturated heterocycles. The second-order valence-corrected chi connectivity index (χ2v) is 4.78. The Kier molecular flexibility index (Phi) is 3.31. The molecule has 2 heterocycles. The lowest BCUT2D eigenvalue weighted by Crippen LogP contribution is -2.40. The van der Waals surface area contributed by atoms with Crippen LogP contribution in [0.5, 0.6) is 0 Å². The molecule has 1 aromatic heterocycles. The molecule has 0 radical (unpaired) electrons. The minimum Gasteiger partial charge on any atom is -0.333 e. The van der Waals surface area contributed by atoms with Crippen LogP contribution in [0.15, 0.2) is 36.7 Å². The zero-order valence-electron chi connectivity index (χ0n) is 10.7. The number of nitrogens with zero attached hydrogens (tertiary/aromatic N) is 3. The first-order chi connectivity index (χ1) is 9.29. The molecule has 2 aromatic rings. The van der Waals surface area contributed by atoms with Gasteiger partial charge in [0.05, 0.1) is 12.6 Å². The number of hydrogen-bond donors (Lipinski definition) is 1. The van der Waals surface area contributed by atoms with Crippen LogP contribution in [0.1, 0.15) is 17.4 Å². The fraction of sp³-hybridized carbons (Fsp3) is 0.357. The Morgan fingerprint density at radius 2 is 2.16 bits per heavy atom. The monoisotopic (exact) mass is 260 g/mol. The van der Waals surface area contributed by atoms with Crippen molar-refractivity contribution >= 4 is 0 Å². The van der Waals surface area contributed by atoms with Gasteiger partial charge in [-0.15, -0.1) is 0 Å². The highest BCUT2D eigenvalue weighted by Gasteiger charge is 2.25. The summed E-state index contributed by atoms with van der Waals surface area (Å²) in [7, 11) is 0. The Morgan fingerprint density at radius 3 is 2.95 bits per heavy atom. The van der Waals surface area contributed by atoms with Crippen molar-refractivity contribution in [2.45, 2.75) is 19.1 Å². The van der Waals surface area contributed by atoms with Crippen molar-refractivity contribution in [2.24, 2.45) is 5.73 Å². The molecule has 0 bridgehead atoms. The third-order valence-corrected chi connectivity index (χ3v) is 3.70. The van der Waals surface area contributed by atoms with Crippen LogP contribution in [0.25, 0.3) is 0 Å². The Labute approximate surface area is 111 Å². The van der Waals surface area contributed by atoms with Crippen molar-refractivity contribution in [3.8, 4) is 0 Å². The standard InChI is InChI=1S/C14H17FN4/c15-12-4-2-1-3-11(12)13(9-16)19-8-7-18-6-5-17-14(18)10-19/h1-6,13H,7-10,16H2. The van der Waals surface area contributed by atoms with Gasteiger partial charge in [-0.3, -0.25) is 4.90 Å². The maximum Gasteiger partial charge on any atom is 0.128 e. The number of fused-ring (bicyclic) bond motifs is 1. The zero-order valence-corrected chi connectivity index (χ0v) is 10.7. The number of imidazole rings is 1.